The molecular weight excluding hydrogens is 272 g/mol. The average Bonchev–Trinajstić information content (AvgIpc) is 2.80. The van der Waals surface area contributed by atoms with E-state index >= 15 is 0 Å². The van der Waals surface area contributed by atoms with E-state index in [0.29, 0.717) is 17.4 Å². The van der Waals surface area contributed by atoms with Gasteiger partial charge < -0.3 is 10.1 Å². The van der Waals surface area contributed by atoms with Crippen LogP contribution in [-0.2, 0) is 21.3 Å². The summed E-state index contributed by atoms with van der Waals surface area (Å²) in [5.41, 5.74) is 0.989. The molecule has 2 heterocycles. The van der Waals surface area contributed by atoms with Crippen molar-refractivity contribution in [2.45, 2.75) is 29.6 Å². The van der Waals surface area contributed by atoms with Crippen molar-refractivity contribution in [3.8, 4) is 0 Å². The average molecular weight is 290 g/mol. The summed E-state index contributed by atoms with van der Waals surface area (Å²) < 4.78 is 32.6. The number of sulfonamides is 1. The summed E-state index contributed by atoms with van der Waals surface area (Å²) in [4.78, 5) is 0. The van der Waals surface area contributed by atoms with Gasteiger partial charge in [0, 0.05) is 19.2 Å². The SMILES string of the molecule is CNCc1csc(S(=O)(=O)NC2CCCOC2)c1. The molecule has 1 aromatic rings. The van der Waals surface area contributed by atoms with Crippen molar-refractivity contribution in [3.63, 3.8) is 0 Å². The van der Waals surface area contributed by atoms with Crippen LogP contribution in [0.25, 0.3) is 0 Å². The summed E-state index contributed by atoms with van der Waals surface area (Å²) >= 11 is 1.25. The minimum absolute atomic E-state index is 0.0985. The largest absolute Gasteiger partial charge is 0.380 e. The Morgan fingerprint density at radius 1 is 1.56 bits per heavy atom. The van der Waals surface area contributed by atoms with E-state index in [-0.39, 0.29) is 6.04 Å². The molecule has 2 N–H and O–H groups in total. The molecule has 1 saturated heterocycles. The maximum atomic E-state index is 12.1. The molecule has 1 aliphatic heterocycles. The van der Waals surface area contributed by atoms with Gasteiger partial charge in [0.1, 0.15) is 4.21 Å². The van der Waals surface area contributed by atoms with E-state index in [2.05, 4.69) is 10.0 Å². The Labute approximate surface area is 112 Å². The minimum Gasteiger partial charge on any atom is -0.380 e. The molecule has 7 heteroatoms. The highest BCUT2D eigenvalue weighted by molar-refractivity contribution is 7.91. The highest BCUT2D eigenvalue weighted by Gasteiger charge is 2.23. The molecule has 0 radical (unpaired) electrons. The first kappa shape index (κ1) is 14.0. The lowest BCUT2D eigenvalue weighted by atomic mass is 10.1. The molecule has 18 heavy (non-hydrogen) atoms. The molecule has 1 atom stereocenters. The molecule has 0 spiro atoms. The Kier molecular flexibility index (Phi) is 4.74. The van der Waals surface area contributed by atoms with Crippen LogP contribution in [0.5, 0.6) is 0 Å². The van der Waals surface area contributed by atoms with Crippen LogP contribution in [0.2, 0.25) is 0 Å². The third-order valence-corrected chi connectivity index (χ3v) is 5.77. The zero-order chi connectivity index (χ0) is 13.0. The Hall–Kier alpha value is -0.470. The first-order valence-electron chi connectivity index (χ1n) is 5.94. The molecule has 1 aromatic heterocycles. The second-order valence-corrected chi connectivity index (χ2v) is 7.19. The topological polar surface area (TPSA) is 67.4 Å². The van der Waals surface area contributed by atoms with Crippen molar-refractivity contribution in [1.82, 2.24) is 10.0 Å². The van der Waals surface area contributed by atoms with Crippen molar-refractivity contribution < 1.29 is 13.2 Å². The van der Waals surface area contributed by atoms with Gasteiger partial charge in [-0.1, -0.05) is 0 Å². The fraction of sp³-hybridized carbons (Fsp3) is 0.636. The van der Waals surface area contributed by atoms with Crippen LogP contribution in [-0.4, -0.2) is 34.7 Å². The Bertz CT molecular complexity index is 478. The van der Waals surface area contributed by atoms with Crippen molar-refractivity contribution in [2.24, 2.45) is 0 Å². The Morgan fingerprint density at radius 2 is 2.39 bits per heavy atom. The molecular formula is C11H18N2O3S2. The van der Waals surface area contributed by atoms with E-state index in [1.54, 1.807) is 6.07 Å². The molecule has 2 rings (SSSR count). The molecule has 1 unspecified atom stereocenters. The monoisotopic (exact) mass is 290 g/mol. The molecule has 0 aliphatic carbocycles. The molecule has 1 fully saturated rings. The zero-order valence-corrected chi connectivity index (χ0v) is 11.9. The van der Waals surface area contributed by atoms with Crippen LogP contribution < -0.4 is 10.0 Å². The second-order valence-electron chi connectivity index (χ2n) is 4.34. The first-order chi connectivity index (χ1) is 8.62. The Morgan fingerprint density at radius 3 is 3.06 bits per heavy atom. The lowest BCUT2D eigenvalue weighted by molar-refractivity contribution is 0.0774. The molecule has 0 bridgehead atoms. The summed E-state index contributed by atoms with van der Waals surface area (Å²) in [6.45, 7) is 1.87. The summed E-state index contributed by atoms with van der Waals surface area (Å²) in [6.07, 6.45) is 1.75. The minimum atomic E-state index is -3.40. The van der Waals surface area contributed by atoms with E-state index < -0.39 is 10.0 Å². The highest BCUT2D eigenvalue weighted by atomic mass is 32.2. The maximum Gasteiger partial charge on any atom is 0.250 e. The molecule has 1 aliphatic rings. The van der Waals surface area contributed by atoms with Crippen LogP contribution >= 0.6 is 11.3 Å². The molecule has 0 aromatic carbocycles. The number of rotatable bonds is 5. The predicted molar refractivity (Wildman–Crippen MR) is 71.2 cm³/mol. The van der Waals surface area contributed by atoms with Gasteiger partial charge >= 0.3 is 0 Å². The van der Waals surface area contributed by atoms with Crippen LogP contribution in [0.4, 0.5) is 0 Å². The smallest absolute Gasteiger partial charge is 0.250 e. The summed E-state index contributed by atoms with van der Waals surface area (Å²) in [5, 5.41) is 4.87. The zero-order valence-electron chi connectivity index (χ0n) is 10.3. The second kappa shape index (κ2) is 6.12. The van der Waals surface area contributed by atoms with E-state index in [4.69, 9.17) is 4.74 Å². The fourth-order valence-corrected chi connectivity index (χ4v) is 4.38. The van der Waals surface area contributed by atoms with Crippen LogP contribution in [0.3, 0.4) is 0 Å². The van der Waals surface area contributed by atoms with E-state index in [1.807, 2.05) is 12.4 Å². The standard InChI is InChI=1S/C11H18N2O3S2/c1-12-6-9-5-11(17-8-9)18(14,15)13-10-3-2-4-16-7-10/h5,8,10,12-13H,2-4,6-7H2,1H3. The molecule has 5 nitrogen and oxygen atoms in total. The highest BCUT2D eigenvalue weighted by Crippen LogP contribution is 2.21. The summed E-state index contributed by atoms with van der Waals surface area (Å²) in [6, 6.07) is 1.62. The van der Waals surface area contributed by atoms with Gasteiger partial charge in [0.15, 0.2) is 0 Å². The van der Waals surface area contributed by atoms with Crippen LogP contribution in [0.15, 0.2) is 15.7 Å². The summed E-state index contributed by atoms with van der Waals surface area (Å²) in [5.74, 6) is 0. The molecule has 102 valence electrons. The van der Waals surface area contributed by atoms with Crippen molar-refractivity contribution >= 4 is 21.4 Å². The third-order valence-electron chi connectivity index (χ3n) is 2.76. The van der Waals surface area contributed by atoms with E-state index in [1.165, 1.54) is 11.3 Å². The van der Waals surface area contributed by atoms with Gasteiger partial charge in [-0.25, -0.2) is 13.1 Å². The molecule has 0 saturated carbocycles. The first-order valence-corrected chi connectivity index (χ1v) is 8.30. The van der Waals surface area contributed by atoms with Gasteiger partial charge in [0.2, 0.25) is 10.0 Å². The quantitative estimate of drug-likeness (QED) is 0.846. The maximum absolute atomic E-state index is 12.1. The number of nitrogens with one attached hydrogen (secondary N) is 2. The van der Waals surface area contributed by atoms with Gasteiger partial charge in [-0.2, -0.15) is 0 Å². The number of hydrogen-bond donors (Lipinski definition) is 2. The van der Waals surface area contributed by atoms with Gasteiger partial charge in [-0.3, -0.25) is 0 Å². The fourth-order valence-electron chi connectivity index (χ4n) is 1.90. The van der Waals surface area contributed by atoms with E-state index in [9.17, 15) is 8.42 Å². The van der Waals surface area contributed by atoms with Crippen molar-refractivity contribution in [2.75, 3.05) is 20.3 Å². The van der Waals surface area contributed by atoms with Gasteiger partial charge in [0.05, 0.1) is 6.61 Å². The van der Waals surface area contributed by atoms with E-state index in [0.717, 1.165) is 25.0 Å². The van der Waals surface area contributed by atoms with Crippen molar-refractivity contribution in [1.29, 1.82) is 0 Å². The molecule has 0 amide bonds. The van der Waals surface area contributed by atoms with Crippen LogP contribution in [0.1, 0.15) is 18.4 Å². The van der Waals surface area contributed by atoms with Gasteiger partial charge in [-0.15, -0.1) is 11.3 Å². The van der Waals surface area contributed by atoms with Crippen molar-refractivity contribution in [3.05, 3.63) is 17.0 Å². The third kappa shape index (κ3) is 3.52. The number of ether oxygens (including phenoxy) is 1. The van der Waals surface area contributed by atoms with Gasteiger partial charge in [-0.05, 0) is 36.9 Å². The lowest BCUT2D eigenvalue weighted by Crippen LogP contribution is -2.40. The van der Waals surface area contributed by atoms with Crippen LogP contribution in [0, 0.1) is 0 Å². The Balaban J connectivity index is 2.04. The number of hydrogen-bond acceptors (Lipinski definition) is 5. The summed E-state index contributed by atoms with van der Waals surface area (Å²) in [7, 11) is -1.56. The lowest BCUT2D eigenvalue weighted by Gasteiger charge is -2.22. The predicted octanol–water partition coefficient (Wildman–Crippen LogP) is 0.925. The van der Waals surface area contributed by atoms with Gasteiger partial charge in [0.25, 0.3) is 0 Å². The normalized spacial score (nSPS) is 21.1. The number of thiophene rings is 1.